The summed E-state index contributed by atoms with van der Waals surface area (Å²) in [6.45, 7) is 7.63. The van der Waals surface area contributed by atoms with Gasteiger partial charge < -0.3 is 14.8 Å². The largest absolute Gasteiger partial charge is 0.474 e. The number of carbonyl (C=O) groups is 1. The molecule has 1 heterocycles. The van der Waals surface area contributed by atoms with Crippen LogP contribution < -0.4 is 10.1 Å². The lowest BCUT2D eigenvalue weighted by molar-refractivity contribution is -0.145. The van der Waals surface area contributed by atoms with Crippen LogP contribution in [-0.2, 0) is 9.53 Å². The monoisotopic (exact) mass is 281 g/mol. The van der Waals surface area contributed by atoms with Gasteiger partial charge in [-0.1, -0.05) is 13.3 Å². The fraction of sp³-hybridized carbons (Fsp3) is 0.643. The second-order valence-electron chi connectivity index (χ2n) is 5.11. The molecule has 1 unspecified atom stereocenters. The quantitative estimate of drug-likeness (QED) is 0.774. The Morgan fingerprint density at radius 1 is 1.45 bits per heavy atom. The molecule has 6 nitrogen and oxygen atoms in total. The number of hydrogen-bond acceptors (Lipinski definition) is 6. The molecule has 112 valence electrons. The van der Waals surface area contributed by atoms with E-state index in [1.807, 2.05) is 20.8 Å². The number of nitrogens with zero attached hydrogens (tertiary/aromatic N) is 2. The summed E-state index contributed by atoms with van der Waals surface area (Å²) in [5.74, 6) is 0.592. The van der Waals surface area contributed by atoms with E-state index in [1.54, 1.807) is 19.3 Å². The summed E-state index contributed by atoms with van der Waals surface area (Å²) in [6, 6.07) is 0. The maximum atomic E-state index is 11.9. The highest BCUT2D eigenvalue weighted by molar-refractivity contribution is 5.83. The van der Waals surface area contributed by atoms with E-state index in [-0.39, 0.29) is 12.1 Å². The fourth-order valence-electron chi connectivity index (χ4n) is 1.93. The van der Waals surface area contributed by atoms with Crippen molar-refractivity contribution in [1.82, 2.24) is 9.97 Å². The minimum atomic E-state index is -0.825. The van der Waals surface area contributed by atoms with Gasteiger partial charge in [-0.3, -0.25) is 4.98 Å². The number of carbonyl (C=O) groups excluding carboxylic acids is 1. The maximum Gasteiger partial charge on any atom is 0.331 e. The van der Waals surface area contributed by atoms with Crippen molar-refractivity contribution in [3.8, 4) is 5.88 Å². The third kappa shape index (κ3) is 4.36. The van der Waals surface area contributed by atoms with Gasteiger partial charge in [-0.2, -0.15) is 4.98 Å². The van der Waals surface area contributed by atoms with Gasteiger partial charge in [-0.05, 0) is 27.2 Å². The summed E-state index contributed by atoms with van der Waals surface area (Å²) in [5.41, 5.74) is -0.825. The molecule has 0 spiro atoms. The molecular formula is C14H23N3O3. The molecule has 0 aromatic carbocycles. The number of rotatable bonds is 7. The molecule has 0 aliphatic rings. The first kappa shape index (κ1) is 16.2. The molecule has 6 heteroatoms. The van der Waals surface area contributed by atoms with Crippen LogP contribution in [0, 0.1) is 0 Å². The number of esters is 1. The van der Waals surface area contributed by atoms with Gasteiger partial charge in [0.15, 0.2) is 0 Å². The Morgan fingerprint density at radius 2 is 2.15 bits per heavy atom. The van der Waals surface area contributed by atoms with Crippen molar-refractivity contribution in [2.24, 2.45) is 0 Å². The van der Waals surface area contributed by atoms with Crippen LogP contribution in [0.1, 0.15) is 40.5 Å². The Kier molecular flexibility index (Phi) is 5.73. The molecule has 0 saturated carbocycles. The molecule has 0 amide bonds. The van der Waals surface area contributed by atoms with Crippen molar-refractivity contribution < 1.29 is 14.3 Å². The molecule has 0 saturated heterocycles. The Bertz CT molecular complexity index is 451. The van der Waals surface area contributed by atoms with Crippen molar-refractivity contribution in [3.63, 3.8) is 0 Å². The molecule has 0 radical (unpaired) electrons. The van der Waals surface area contributed by atoms with Gasteiger partial charge >= 0.3 is 5.97 Å². The summed E-state index contributed by atoms with van der Waals surface area (Å²) in [7, 11) is 1.38. The molecule has 1 aromatic heterocycles. The molecule has 1 rings (SSSR count). The zero-order valence-corrected chi connectivity index (χ0v) is 12.8. The van der Waals surface area contributed by atoms with Crippen LogP contribution >= 0.6 is 0 Å². The predicted molar refractivity (Wildman–Crippen MR) is 76.7 cm³/mol. The third-order valence-electron chi connectivity index (χ3n) is 2.76. The van der Waals surface area contributed by atoms with Gasteiger partial charge in [0.05, 0.1) is 25.6 Å². The standard InChI is InChI=1S/C14H23N3O3/c1-6-7-14(4,13(18)19-5)17-11-8-15-9-12(16-11)20-10(2)3/h8-10H,6-7H2,1-5H3,(H,16,17). The second kappa shape index (κ2) is 7.07. The van der Waals surface area contributed by atoms with E-state index in [0.717, 1.165) is 6.42 Å². The van der Waals surface area contributed by atoms with Crippen molar-refractivity contribution in [1.29, 1.82) is 0 Å². The fourth-order valence-corrected chi connectivity index (χ4v) is 1.93. The van der Waals surface area contributed by atoms with Crippen LogP contribution in [0.4, 0.5) is 5.82 Å². The molecule has 1 aromatic rings. The van der Waals surface area contributed by atoms with E-state index < -0.39 is 5.54 Å². The van der Waals surface area contributed by atoms with Gasteiger partial charge in [0.1, 0.15) is 11.4 Å². The van der Waals surface area contributed by atoms with Crippen molar-refractivity contribution in [3.05, 3.63) is 12.4 Å². The van der Waals surface area contributed by atoms with Gasteiger partial charge in [0.2, 0.25) is 5.88 Å². The molecule has 0 fully saturated rings. The Balaban J connectivity index is 2.91. The SMILES string of the molecule is CCCC(C)(Nc1cncc(OC(C)C)n1)C(=O)OC. The number of ether oxygens (including phenoxy) is 2. The van der Waals surface area contributed by atoms with Crippen LogP contribution in [0.3, 0.4) is 0 Å². The van der Waals surface area contributed by atoms with Crippen LogP contribution in [0.15, 0.2) is 12.4 Å². The van der Waals surface area contributed by atoms with Crippen molar-refractivity contribution in [2.75, 3.05) is 12.4 Å². The number of nitrogens with one attached hydrogen (secondary N) is 1. The lowest BCUT2D eigenvalue weighted by Gasteiger charge is -2.28. The number of anilines is 1. The Morgan fingerprint density at radius 3 is 2.70 bits per heavy atom. The summed E-state index contributed by atoms with van der Waals surface area (Å²) in [5, 5.41) is 3.09. The topological polar surface area (TPSA) is 73.3 Å². The molecule has 0 bridgehead atoms. The lowest BCUT2D eigenvalue weighted by Crippen LogP contribution is -2.44. The molecule has 0 aliphatic carbocycles. The molecule has 20 heavy (non-hydrogen) atoms. The lowest BCUT2D eigenvalue weighted by atomic mass is 9.96. The first-order chi connectivity index (χ1) is 9.41. The van der Waals surface area contributed by atoms with E-state index in [1.165, 1.54) is 7.11 Å². The molecule has 1 atom stereocenters. The average Bonchev–Trinajstić information content (AvgIpc) is 2.37. The molecule has 0 aliphatic heterocycles. The summed E-state index contributed by atoms with van der Waals surface area (Å²) in [4.78, 5) is 20.3. The van der Waals surface area contributed by atoms with Crippen LogP contribution in [0.25, 0.3) is 0 Å². The molecular weight excluding hydrogens is 258 g/mol. The number of hydrogen-bond donors (Lipinski definition) is 1. The highest BCUT2D eigenvalue weighted by atomic mass is 16.5. The smallest absolute Gasteiger partial charge is 0.331 e. The minimum Gasteiger partial charge on any atom is -0.474 e. The first-order valence-corrected chi connectivity index (χ1v) is 6.76. The van der Waals surface area contributed by atoms with Crippen LogP contribution in [0.2, 0.25) is 0 Å². The van der Waals surface area contributed by atoms with E-state index in [2.05, 4.69) is 15.3 Å². The zero-order chi connectivity index (χ0) is 15.2. The molecule has 1 N–H and O–H groups in total. The van der Waals surface area contributed by atoms with Crippen molar-refractivity contribution >= 4 is 11.8 Å². The highest BCUT2D eigenvalue weighted by Gasteiger charge is 2.33. The summed E-state index contributed by atoms with van der Waals surface area (Å²) < 4.78 is 10.3. The maximum absolute atomic E-state index is 11.9. The average molecular weight is 281 g/mol. The van der Waals surface area contributed by atoms with Gasteiger partial charge in [0, 0.05) is 0 Å². The van der Waals surface area contributed by atoms with E-state index in [9.17, 15) is 4.79 Å². The summed E-state index contributed by atoms with van der Waals surface area (Å²) >= 11 is 0. The van der Waals surface area contributed by atoms with Crippen LogP contribution in [0.5, 0.6) is 5.88 Å². The van der Waals surface area contributed by atoms with Crippen molar-refractivity contribution in [2.45, 2.75) is 52.2 Å². The second-order valence-corrected chi connectivity index (χ2v) is 5.11. The number of aromatic nitrogens is 2. The highest BCUT2D eigenvalue weighted by Crippen LogP contribution is 2.21. The zero-order valence-electron chi connectivity index (χ0n) is 12.8. The van der Waals surface area contributed by atoms with E-state index in [0.29, 0.717) is 18.1 Å². The van der Waals surface area contributed by atoms with Gasteiger partial charge in [-0.25, -0.2) is 4.79 Å². The normalized spacial score (nSPS) is 13.7. The van der Waals surface area contributed by atoms with Gasteiger partial charge in [0.25, 0.3) is 0 Å². The van der Waals surface area contributed by atoms with Gasteiger partial charge in [-0.15, -0.1) is 0 Å². The Labute approximate surface area is 119 Å². The van der Waals surface area contributed by atoms with E-state index >= 15 is 0 Å². The van der Waals surface area contributed by atoms with Crippen LogP contribution in [-0.4, -0.2) is 34.7 Å². The summed E-state index contributed by atoms with van der Waals surface area (Å²) in [6.07, 6.45) is 4.59. The predicted octanol–water partition coefficient (Wildman–Crippen LogP) is 2.41. The first-order valence-electron chi connectivity index (χ1n) is 6.76. The Hall–Kier alpha value is -1.85. The number of methoxy groups -OCH3 is 1. The third-order valence-corrected chi connectivity index (χ3v) is 2.76. The van der Waals surface area contributed by atoms with E-state index in [4.69, 9.17) is 9.47 Å². The minimum absolute atomic E-state index is 0.0159.